The largest absolute Gasteiger partial charge is 0.494 e. The van der Waals surface area contributed by atoms with Gasteiger partial charge in [0.2, 0.25) is 0 Å². The molecule has 2 aromatic rings. The fraction of sp³-hybridized carbons (Fsp3) is 0.444. The molecule has 0 aliphatic rings. The molecule has 2 N–H and O–H groups in total. The van der Waals surface area contributed by atoms with E-state index in [1.165, 1.54) is 10.4 Å². The molecule has 0 amide bonds. The zero-order chi connectivity index (χ0) is 17.4. The van der Waals surface area contributed by atoms with Gasteiger partial charge in [0.05, 0.1) is 18.8 Å². The minimum atomic E-state index is 0. The number of aryl methyl sites for hydroxylation is 3. The van der Waals surface area contributed by atoms with Gasteiger partial charge in [-0.05, 0) is 39.3 Å². The number of rotatable bonds is 7. The second-order valence-corrected chi connectivity index (χ2v) is 6.90. The molecule has 0 aliphatic carbocycles. The molecule has 1 aromatic heterocycles. The second kappa shape index (κ2) is 11.3. The molecule has 7 heteroatoms. The van der Waals surface area contributed by atoms with Crippen LogP contribution in [0.25, 0.3) is 0 Å². The number of hydrogen-bond acceptors (Lipinski definition) is 4. The third-order valence-electron chi connectivity index (χ3n) is 3.61. The van der Waals surface area contributed by atoms with Crippen molar-refractivity contribution < 1.29 is 4.74 Å². The lowest BCUT2D eigenvalue weighted by Gasteiger charge is -2.11. The van der Waals surface area contributed by atoms with E-state index in [1.807, 2.05) is 19.1 Å². The minimum absolute atomic E-state index is 0. The molecule has 0 bridgehead atoms. The van der Waals surface area contributed by atoms with Crippen molar-refractivity contribution in [1.29, 1.82) is 0 Å². The molecule has 0 unspecified atom stereocenters. The maximum Gasteiger partial charge on any atom is 0.191 e. The lowest BCUT2D eigenvalue weighted by Crippen LogP contribution is -2.37. The van der Waals surface area contributed by atoms with Crippen molar-refractivity contribution in [2.24, 2.45) is 4.99 Å². The van der Waals surface area contributed by atoms with Crippen molar-refractivity contribution in [3.8, 4) is 5.75 Å². The summed E-state index contributed by atoms with van der Waals surface area (Å²) in [6, 6.07) is 8.12. The molecule has 0 radical (unpaired) electrons. The summed E-state index contributed by atoms with van der Waals surface area (Å²) in [5, 5.41) is 7.66. The van der Waals surface area contributed by atoms with Crippen LogP contribution in [0.1, 0.15) is 27.6 Å². The molecule has 0 aliphatic heterocycles. The fourth-order valence-corrected chi connectivity index (χ4v) is 2.97. The summed E-state index contributed by atoms with van der Waals surface area (Å²) in [6.45, 7) is 8.38. The fourth-order valence-electron chi connectivity index (χ4n) is 2.10. The van der Waals surface area contributed by atoms with Gasteiger partial charge in [0.25, 0.3) is 0 Å². The van der Waals surface area contributed by atoms with Gasteiger partial charge in [-0.3, -0.25) is 4.99 Å². The molecule has 1 aromatic carbocycles. The standard InChI is InChI=1S/C18H26N4OS.HI/c1-13-6-8-16(9-7-13)23-11-5-10-20-18(19-4)21-12-17-22-14(2)15(3)24-17;/h6-9H,5,10-12H2,1-4H3,(H2,19,20,21);1H. The van der Waals surface area contributed by atoms with Crippen molar-refractivity contribution in [2.45, 2.75) is 33.7 Å². The highest BCUT2D eigenvalue weighted by Gasteiger charge is 2.04. The van der Waals surface area contributed by atoms with E-state index in [4.69, 9.17) is 4.74 Å². The topological polar surface area (TPSA) is 58.5 Å². The Hall–Kier alpha value is -1.35. The highest BCUT2D eigenvalue weighted by atomic mass is 127. The van der Waals surface area contributed by atoms with Gasteiger partial charge in [-0.15, -0.1) is 35.3 Å². The predicted octanol–water partition coefficient (Wildman–Crippen LogP) is 3.82. The third kappa shape index (κ3) is 7.60. The van der Waals surface area contributed by atoms with E-state index < -0.39 is 0 Å². The first-order valence-corrected chi connectivity index (χ1v) is 8.97. The molecular weight excluding hydrogens is 447 g/mol. The molecule has 0 atom stereocenters. The average molecular weight is 474 g/mol. The zero-order valence-corrected chi connectivity index (χ0v) is 18.4. The summed E-state index contributed by atoms with van der Waals surface area (Å²) in [6.07, 6.45) is 0.907. The molecule has 0 fully saturated rings. The van der Waals surface area contributed by atoms with Crippen molar-refractivity contribution >= 4 is 41.3 Å². The van der Waals surface area contributed by atoms with Crippen LogP contribution in [0.15, 0.2) is 29.3 Å². The molecule has 0 spiro atoms. The number of nitrogens with one attached hydrogen (secondary N) is 2. The number of nitrogens with zero attached hydrogens (tertiary/aromatic N) is 2. The van der Waals surface area contributed by atoms with E-state index in [1.54, 1.807) is 18.4 Å². The maximum absolute atomic E-state index is 5.71. The van der Waals surface area contributed by atoms with Crippen LogP contribution >= 0.6 is 35.3 Å². The highest BCUT2D eigenvalue weighted by molar-refractivity contribution is 14.0. The van der Waals surface area contributed by atoms with Crippen LogP contribution in [0, 0.1) is 20.8 Å². The van der Waals surface area contributed by atoms with E-state index in [9.17, 15) is 0 Å². The van der Waals surface area contributed by atoms with E-state index in [-0.39, 0.29) is 24.0 Å². The molecule has 2 rings (SSSR count). The van der Waals surface area contributed by atoms with Gasteiger partial charge in [0.15, 0.2) is 5.96 Å². The Morgan fingerprint density at radius 3 is 2.48 bits per heavy atom. The summed E-state index contributed by atoms with van der Waals surface area (Å²) in [5.74, 6) is 1.70. The summed E-state index contributed by atoms with van der Waals surface area (Å²) >= 11 is 1.72. The van der Waals surface area contributed by atoms with Gasteiger partial charge in [0.1, 0.15) is 10.8 Å². The number of halogens is 1. The quantitative estimate of drug-likeness (QED) is 0.277. The Labute approximate surface area is 171 Å². The van der Waals surface area contributed by atoms with E-state index in [0.717, 1.165) is 35.4 Å². The Morgan fingerprint density at radius 2 is 1.88 bits per heavy atom. The first-order chi connectivity index (χ1) is 11.6. The first kappa shape index (κ1) is 21.7. The lowest BCUT2D eigenvalue weighted by atomic mass is 10.2. The average Bonchev–Trinajstić information content (AvgIpc) is 2.90. The Balaban J connectivity index is 0.00000312. The van der Waals surface area contributed by atoms with Gasteiger partial charge >= 0.3 is 0 Å². The number of aromatic nitrogens is 1. The second-order valence-electron chi connectivity index (χ2n) is 5.62. The summed E-state index contributed by atoms with van der Waals surface area (Å²) in [4.78, 5) is 10.0. The predicted molar refractivity (Wildman–Crippen MR) is 116 cm³/mol. The number of thiazole rings is 1. The summed E-state index contributed by atoms with van der Waals surface area (Å²) in [7, 11) is 1.77. The number of ether oxygens (including phenoxy) is 1. The number of benzene rings is 1. The van der Waals surface area contributed by atoms with Gasteiger partial charge in [-0.1, -0.05) is 17.7 Å². The van der Waals surface area contributed by atoms with Crippen LogP contribution in [-0.2, 0) is 6.54 Å². The van der Waals surface area contributed by atoms with Gasteiger partial charge in [0, 0.05) is 18.5 Å². The monoisotopic (exact) mass is 474 g/mol. The Bertz CT molecular complexity index is 651. The van der Waals surface area contributed by atoms with Crippen LogP contribution in [-0.4, -0.2) is 31.1 Å². The van der Waals surface area contributed by atoms with E-state index >= 15 is 0 Å². The smallest absolute Gasteiger partial charge is 0.191 e. The van der Waals surface area contributed by atoms with Crippen LogP contribution in [0.4, 0.5) is 0 Å². The van der Waals surface area contributed by atoms with Crippen molar-refractivity contribution in [2.75, 3.05) is 20.2 Å². The SMILES string of the molecule is CN=C(NCCCOc1ccc(C)cc1)NCc1nc(C)c(C)s1.I. The summed E-state index contributed by atoms with van der Waals surface area (Å²) in [5.41, 5.74) is 2.34. The molecule has 0 saturated heterocycles. The number of guanidine groups is 1. The van der Waals surface area contributed by atoms with Gasteiger partial charge in [-0.25, -0.2) is 4.98 Å². The van der Waals surface area contributed by atoms with Crippen LogP contribution in [0.2, 0.25) is 0 Å². The third-order valence-corrected chi connectivity index (χ3v) is 4.68. The molecule has 1 heterocycles. The Morgan fingerprint density at radius 1 is 1.16 bits per heavy atom. The minimum Gasteiger partial charge on any atom is -0.494 e. The van der Waals surface area contributed by atoms with E-state index in [2.05, 4.69) is 46.6 Å². The normalized spacial score (nSPS) is 11.0. The Kier molecular flexibility index (Phi) is 9.81. The van der Waals surface area contributed by atoms with Crippen molar-refractivity contribution in [1.82, 2.24) is 15.6 Å². The molecule has 138 valence electrons. The van der Waals surface area contributed by atoms with Crippen LogP contribution in [0.3, 0.4) is 0 Å². The van der Waals surface area contributed by atoms with Crippen LogP contribution < -0.4 is 15.4 Å². The van der Waals surface area contributed by atoms with Gasteiger partial charge in [-0.2, -0.15) is 0 Å². The van der Waals surface area contributed by atoms with Crippen molar-refractivity contribution in [3.05, 3.63) is 45.4 Å². The molecule has 0 saturated carbocycles. The summed E-state index contributed by atoms with van der Waals surface area (Å²) < 4.78 is 5.71. The maximum atomic E-state index is 5.71. The molecule has 5 nitrogen and oxygen atoms in total. The lowest BCUT2D eigenvalue weighted by molar-refractivity contribution is 0.311. The zero-order valence-electron chi connectivity index (χ0n) is 15.3. The molecule has 25 heavy (non-hydrogen) atoms. The number of aliphatic imine (C=N–C) groups is 1. The first-order valence-electron chi connectivity index (χ1n) is 8.15. The van der Waals surface area contributed by atoms with Crippen LogP contribution in [0.5, 0.6) is 5.75 Å². The van der Waals surface area contributed by atoms with E-state index in [0.29, 0.717) is 13.2 Å². The van der Waals surface area contributed by atoms with Gasteiger partial charge < -0.3 is 15.4 Å². The van der Waals surface area contributed by atoms with Crippen molar-refractivity contribution in [3.63, 3.8) is 0 Å². The highest BCUT2D eigenvalue weighted by Crippen LogP contribution is 2.15. The number of hydrogen-bond donors (Lipinski definition) is 2. The molecular formula is C18H27IN4OS.